The van der Waals surface area contributed by atoms with Crippen LogP contribution in [-0.4, -0.2) is 65.0 Å². The van der Waals surface area contributed by atoms with Crippen molar-refractivity contribution in [2.24, 2.45) is 22.2 Å². The maximum Gasteiger partial charge on any atom is 0.327 e. The van der Waals surface area contributed by atoms with E-state index in [1.807, 2.05) is 0 Å². The van der Waals surface area contributed by atoms with Crippen LogP contribution in [0.25, 0.3) is 0 Å². The van der Waals surface area contributed by atoms with Gasteiger partial charge in [-0.15, -0.1) is 0 Å². The van der Waals surface area contributed by atoms with Gasteiger partial charge in [0.05, 0.1) is 6.04 Å². The second-order valence-corrected chi connectivity index (χ2v) is 5.61. The predicted octanol–water partition coefficient (Wildman–Crippen LogP) is -2.72. The monoisotopic (exact) mass is 380 g/mol. The lowest BCUT2D eigenvalue weighted by molar-refractivity contribution is -0.141. The summed E-state index contributed by atoms with van der Waals surface area (Å²) in [6, 6.07) is -3.02. The van der Waals surface area contributed by atoms with Gasteiger partial charge in [-0.3, -0.25) is 14.6 Å². The maximum absolute atomic E-state index is 12.0. The second kappa shape index (κ2) is 11.8. The Balaban J connectivity index is 4.47. The number of aliphatic carboxylic acids is 1. The number of nitrogens with zero attached hydrogens (tertiary/aromatic N) is 1. The summed E-state index contributed by atoms with van der Waals surface area (Å²) >= 11 is 7.82. The number of nitrogens with two attached hydrogens (primary N) is 3. The summed E-state index contributed by atoms with van der Waals surface area (Å²) in [4.78, 5) is 38.6. The first-order chi connectivity index (χ1) is 11.2. The van der Waals surface area contributed by atoms with E-state index in [0.717, 1.165) is 0 Å². The molecular formula is C12H24N6O4S2. The first kappa shape index (κ1) is 22.3. The molecule has 0 saturated carbocycles. The summed E-state index contributed by atoms with van der Waals surface area (Å²) in [6.45, 7) is 0.335. The molecule has 0 fully saturated rings. The van der Waals surface area contributed by atoms with E-state index >= 15 is 0 Å². The topological polar surface area (TPSA) is 186 Å². The second-order valence-electron chi connectivity index (χ2n) is 4.88. The smallest absolute Gasteiger partial charge is 0.327 e. The molecule has 10 nitrogen and oxygen atoms in total. The molecule has 0 aromatic carbocycles. The lowest BCUT2D eigenvalue weighted by Gasteiger charge is -2.21. The molecule has 0 saturated heterocycles. The minimum atomic E-state index is -1.22. The van der Waals surface area contributed by atoms with Gasteiger partial charge in [-0.1, -0.05) is 0 Å². The van der Waals surface area contributed by atoms with E-state index in [-0.39, 0.29) is 17.5 Å². The van der Waals surface area contributed by atoms with Gasteiger partial charge >= 0.3 is 5.97 Å². The fourth-order valence-electron chi connectivity index (χ4n) is 1.58. The van der Waals surface area contributed by atoms with E-state index in [0.29, 0.717) is 19.4 Å². The number of thiol groups is 2. The van der Waals surface area contributed by atoms with E-state index in [9.17, 15) is 14.4 Å². The average molecular weight is 380 g/mol. The summed E-state index contributed by atoms with van der Waals surface area (Å²) in [5, 5.41) is 13.6. The van der Waals surface area contributed by atoms with Crippen LogP contribution >= 0.6 is 25.3 Å². The number of amides is 2. The largest absolute Gasteiger partial charge is 0.480 e. The number of hydrogen-bond donors (Lipinski definition) is 8. The van der Waals surface area contributed by atoms with Crippen molar-refractivity contribution >= 4 is 49.0 Å². The quantitative estimate of drug-likeness (QED) is 0.0827. The molecule has 3 atom stereocenters. The molecule has 0 aromatic rings. The molecule has 0 aliphatic carbocycles. The number of carboxylic acid groups (broad SMARTS) is 1. The molecule has 0 spiro atoms. The Morgan fingerprint density at radius 1 is 1.04 bits per heavy atom. The molecule has 2 amide bonds. The molecule has 0 bridgehead atoms. The van der Waals surface area contributed by atoms with Crippen LogP contribution in [0.4, 0.5) is 0 Å². The maximum atomic E-state index is 12.0. The highest BCUT2D eigenvalue weighted by Gasteiger charge is 2.26. The summed E-state index contributed by atoms with van der Waals surface area (Å²) < 4.78 is 0. The molecule has 0 aliphatic heterocycles. The van der Waals surface area contributed by atoms with Crippen LogP contribution in [0, 0.1) is 0 Å². The van der Waals surface area contributed by atoms with Crippen molar-refractivity contribution < 1.29 is 19.5 Å². The lowest BCUT2D eigenvalue weighted by atomic mass is 10.1. The Morgan fingerprint density at radius 2 is 1.58 bits per heavy atom. The number of aliphatic imine (C=N–C) groups is 1. The number of nitrogens with one attached hydrogen (secondary N) is 2. The highest BCUT2D eigenvalue weighted by Crippen LogP contribution is 1.99. The van der Waals surface area contributed by atoms with Crippen LogP contribution in [0.15, 0.2) is 4.99 Å². The van der Waals surface area contributed by atoms with Gasteiger partial charge in [-0.2, -0.15) is 25.3 Å². The van der Waals surface area contributed by atoms with Gasteiger partial charge in [0.25, 0.3) is 0 Å². The molecule has 138 valence electrons. The summed E-state index contributed by atoms with van der Waals surface area (Å²) in [6.07, 6.45) is 0.808. The summed E-state index contributed by atoms with van der Waals surface area (Å²) in [5.41, 5.74) is 16.1. The fraction of sp³-hybridized carbons (Fsp3) is 0.667. The van der Waals surface area contributed by atoms with E-state index in [1.165, 1.54) is 0 Å². The Bertz CT molecular complexity index is 472. The summed E-state index contributed by atoms with van der Waals surface area (Å²) in [7, 11) is 0. The van der Waals surface area contributed by atoms with Crippen molar-refractivity contribution in [2.75, 3.05) is 18.1 Å². The van der Waals surface area contributed by atoms with Crippen molar-refractivity contribution in [2.45, 2.75) is 31.0 Å². The normalized spacial score (nSPS) is 14.1. The molecule has 0 aliphatic rings. The van der Waals surface area contributed by atoms with Crippen LogP contribution < -0.4 is 27.8 Å². The van der Waals surface area contributed by atoms with E-state index in [1.54, 1.807) is 0 Å². The van der Waals surface area contributed by atoms with Crippen LogP contribution in [0.2, 0.25) is 0 Å². The minimum Gasteiger partial charge on any atom is -0.480 e. The highest BCUT2D eigenvalue weighted by molar-refractivity contribution is 7.80. The molecule has 0 aromatic heterocycles. The van der Waals surface area contributed by atoms with Crippen LogP contribution in [0.5, 0.6) is 0 Å². The number of hydrogen-bond acceptors (Lipinski definition) is 7. The lowest BCUT2D eigenvalue weighted by Crippen LogP contribution is -2.55. The fourth-order valence-corrected chi connectivity index (χ4v) is 2.09. The average Bonchev–Trinajstić information content (AvgIpc) is 2.52. The molecule has 12 heteroatoms. The number of carbonyl (C=O) groups is 3. The number of guanidine groups is 1. The molecule has 0 radical (unpaired) electrons. The zero-order chi connectivity index (χ0) is 18.7. The molecular weight excluding hydrogens is 356 g/mol. The Kier molecular flexibility index (Phi) is 11.0. The van der Waals surface area contributed by atoms with Gasteiger partial charge in [0.2, 0.25) is 11.8 Å². The Hall–Kier alpha value is -1.66. The third-order valence-electron chi connectivity index (χ3n) is 2.92. The molecule has 9 N–H and O–H groups in total. The highest BCUT2D eigenvalue weighted by atomic mass is 32.1. The van der Waals surface area contributed by atoms with Gasteiger partial charge < -0.3 is 32.9 Å². The van der Waals surface area contributed by atoms with Gasteiger partial charge in [0.15, 0.2) is 5.96 Å². The van der Waals surface area contributed by atoms with Crippen molar-refractivity contribution in [1.82, 2.24) is 10.6 Å². The molecule has 0 heterocycles. The van der Waals surface area contributed by atoms with Crippen LogP contribution in [-0.2, 0) is 14.4 Å². The van der Waals surface area contributed by atoms with Crippen molar-refractivity contribution in [3.8, 4) is 0 Å². The Labute approximate surface area is 150 Å². The third-order valence-corrected chi connectivity index (χ3v) is 3.65. The molecule has 0 rings (SSSR count). The summed E-state index contributed by atoms with van der Waals surface area (Å²) in [5.74, 6) is -2.59. The minimum absolute atomic E-state index is 0.0167. The number of carbonyl (C=O) groups excluding carboxylic acids is 2. The first-order valence-electron chi connectivity index (χ1n) is 7.09. The third kappa shape index (κ3) is 8.84. The molecule has 24 heavy (non-hydrogen) atoms. The van der Waals surface area contributed by atoms with Crippen molar-refractivity contribution in [3.63, 3.8) is 0 Å². The number of carboxylic acids is 1. The predicted molar refractivity (Wildman–Crippen MR) is 97.1 cm³/mol. The van der Waals surface area contributed by atoms with E-state index < -0.39 is 35.9 Å². The van der Waals surface area contributed by atoms with Crippen molar-refractivity contribution in [1.29, 1.82) is 0 Å². The molecule has 3 unspecified atom stereocenters. The standard InChI is InChI=1S/C12H24N6O4S2/c13-6(2-1-3-16-12(14)15)9(19)17-7(4-23)10(20)18-8(5-24)11(21)22/h6-8,23-24H,1-5,13H2,(H,17,19)(H,18,20)(H,21,22)(H4,14,15,16). The van der Waals surface area contributed by atoms with Gasteiger partial charge in [0, 0.05) is 18.1 Å². The van der Waals surface area contributed by atoms with Gasteiger partial charge in [-0.05, 0) is 12.8 Å². The van der Waals surface area contributed by atoms with Crippen LogP contribution in [0.1, 0.15) is 12.8 Å². The van der Waals surface area contributed by atoms with Gasteiger partial charge in [-0.25, -0.2) is 4.79 Å². The number of rotatable bonds is 11. The zero-order valence-electron chi connectivity index (χ0n) is 13.0. The first-order valence-corrected chi connectivity index (χ1v) is 8.35. The van der Waals surface area contributed by atoms with Gasteiger partial charge in [0.1, 0.15) is 12.1 Å². The SMILES string of the molecule is NC(N)=NCCCC(N)C(=O)NC(CS)C(=O)NC(CS)C(=O)O. The van der Waals surface area contributed by atoms with E-state index in [4.69, 9.17) is 22.3 Å². The Morgan fingerprint density at radius 3 is 2.04 bits per heavy atom. The zero-order valence-corrected chi connectivity index (χ0v) is 14.8. The van der Waals surface area contributed by atoms with Crippen LogP contribution in [0.3, 0.4) is 0 Å². The van der Waals surface area contributed by atoms with E-state index in [2.05, 4.69) is 40.9 Å². The van der Waals surface area contributed by atoms with Crippen molar-refractivity contribution in [3.05, 3.63) is 0 Å².